The van der Waals surface area contributed by atoms with E-state index in [0.29, 0.717) is 38.5 Å². The number of aliphatic hydroxyl groups excluding tert-OH is 23. The summed E-state index contributed by atoms with van der Waals surface area (Å²) in [6.07, 6.45) is -68.8. The van der Waals surface area contributed by atoms with Crippen molar-refractivity contribution in [1.82, 2.24) is 0 Å². The molecule has 0 amide bonds. The summed E-state index contributed by atoms with van der Waals surface area (Å²) in [5, 5.41) is 270. The van der Waals surface area contributed by atoms with Gasteiger partial charge in [-0.15, -0.1) is 0 Å². The van der Waals surface area contributed by atoms with Crippen molar-refractivity contribution < 1.29 is 213 Å². The van der Waals surface area contributed by atoms with Gasteiger partial charge in [-0.1, -0.05) is 53.2 Å². The van der Waals surface area contributed by atoms with E-state index in [1.807, 2.05) is 0 Å². The molecule has 124 heavy (non-hydrogen) atoms. The lowest BCUT2D eigenvalue weighted by Gasteiger charge is -2.72. The standard InChI is InChI=1S/C81H132O43/c1-28-41(89)47(95)50(98)67(110-28)117-57-36(88)24-108-66(52(57)100)116-56-31(4)113-69(55(103)61(56)120-65-49(97)44(92)35(87)23-107-65)122-62-60(121-68-51(99)48(96)42(90)29(2)111-68)43(91)30(3)112-72(62)124-74(105)80-17-15-75(5,6)19-33(80)32-11-12-40-76(7)20-34(86)64(77(8,25-84)39(76)13-14-79(40,10)78(32,9)16-18-80)123-71-54(102)58(45(93)38(22-83)115-71)118-70-53(101)59(46(94)37(21-82)114-70)119-73-63(104)81(106,26-85)27-109-73/h11,28-31,33-73,82-104,106H,12-27H2,1-10H3/t28-,29-,30+,31-,33-,34-,35+,36+,37+,38+,39+,40+,41-,42-,43+,44-,45+,46+,47+,48+,49+,50+,51+,52+,53+,54+,55+,56-,57-,58-,59-,60-,61-,62+,63-,64-,65-,66-,67+,68+,69+,70-,71-,72-,73-,76-,77-,78+,79+,80-,81+/m0/s1. The smallest absolute Gasteiger partial charge is 0.315 e. The third kappa shape index (κ3) is 17.1. The predicted octanol–water partition coefficient (Wildman–Crippen LogP) is -8.94. The maximum absolute atomic E-state index is 16.4. The second-order valence-corrected chi connectivity index (χ2v) is 39.0. The van der Waals surface area contributed by atoms with Gasteiger partial charge in [0.05, 0.1) is 88.3 Å². The van der Waals surface area contributed by atoms with E-state index in [-0.39, 0.29) is 30.6 Å². The zero-order chi connectivity index (χ0) is 90.4. The van der Waals surface area contributed by atoms with Crippen LogP contribution in [0.1, 0.15) is 127 Å². The maximum atomic E-state index is 16.4. The van der Waals surface area contributed by atoms with Crippen LogP contribution in [0, 0.1) is 50.2 Å². The quantitative estimate of drug-likeness (QED) is 0.0272. The SMILES string of the molecule is C[C@@H]1O[C@H](O[C@@H]2[C@@H](O)[C@H](O[C@@H]3[C@@H](O[C@@H]4OC[C@@H](O)[C@H](O)[C@H]4O)[C@@H](O)[C@@H](O[C@H]4[C@H](OC(=O)[C@]56CCC(C)(C)C[C@H]5C5=CC[C@@H]7[C@@]8(C)C[C@H](O)[C@H](O[C@@H]9O[C@H](CO)[C@@H](O)[C@H](O[C@@H]%10O[C@H](CO)[C@@H](O)[C@H](O[C@@H]%11OC[C@](O)(CO)[C@H]%11O)[C@H]%10O)[C@H]9O)[C@@](C)(CO)[C@@H]8CC[C@@]7(C)[C@]5(C)CC6)O[C@H](C)[C@@H](O)[C@@H]4O[C@H]4O[C@@H](C)[C@H](O)[C@@H](O)[C@H]4O)O[C@H]3C)OC[C@H]2O)[C@H](O)[C@H](O)[C@H]1O. The van der Waals surface area contributed by atoms with Gasteiger partial charge in [-0.25, -0.2) is 0 Å². The summed E-state index contributed by atoms with van der Waals surface area (Å²) in [7, 11) is 0. The fraction of sp³-hybridized carbons (Fsp3) is 0.963. The van der Waals surface area contributed by atoms with E-state index >= 15 is 4.79 Å². The Morgan fingerprint density at radius 1 is 0.403 bits per heavy atom. The van der Waals surface area contributed by atoms with Crippen LogP contribution in [0.3, 0.4) is 0 Å². The first kappa shape index (κ1) is 97.6. The second-order valence-electron chi connectivity index (χ2n) is 39.0. The van der Waals surface area contributed by atoms with Crippen LogP contribution < -0.4 is 0 Å². The zero-order valence-corrected chi connectivity index (χ0v) is 70.9. The van der Waals surface area contributed by atoms with E-state index in [4.69, 9.17) is 85.3 Å². The molecule has 0 aromatic carbocycles. The molecule has 9 heterocycles. The highest BCUT2D eigenvalue weighted by Crippen LogP contribution is 2.76. The van der Waals surface area contributed by atoms with E-state index < -0.39 is 355 Å². The van der Waals surface area contributed by atoms with Crippen molar-refractivity contribution in [3.05, 3.63) is 11.6 Å². The highest BCUT2D eigenvalue weighted by molar-refractivity contribution is 5.79. The number of carbonyl (C=O) groups excluding carboxylic acids is 1. The molecule has 0 bridgehead atoms. The maximum Gasteiger partial charge on any atom is 0.315 e. The molecule has 714 valence electrons. The van der Waals surface area contributed by atoms with E-state index in [1.54, 1.807) is 6.92 Å². The summed E-state index contributed by atoms with van der Waals surface area (Å²) in [4.78, 5) is 16.4. The molecular weight excluding hydrogens is 1660 g/mol. The molecule has 0 unspecified atom stereocenters. The van der Waals surface area contributed by atoms with Crippen LogP contribution in [0.25, 0.3) is 0 Å². The summed E-state index contributed by atoms with van der Waals surface area (Å²) < 4.78 is 110. The number of ether oxygens (including phenoxy) is 18. The Balaban J connectivity index is 0.728. The summed E-state index contributed by atoms with van der Waals surface area (Å²) in [6.45, 7) is 12.9. The van der Waals surface area contributed by atoms with Crippen LogP contribution in [0.2, 0.25) is 0 Å². The van der Waals surface area contributed by atoms with Crippen LogP contribution in [-0.2, 0) is 90.1 Å². The summed E-state index contributed by atoms with van der Waals surface area (Å²) in [5.74, 6) is -1.97. The third-order valence-corrected chi connectivity index (χ3v) is 30.9. The van der Waals surface area contributed by atoms with Crippen molar-refractivity contribution in [3.8, 4) is 0 Å². The average Bonchev–Trinajstić information content (AvgIpc) is 0.707. The van der Waals surface area contributed by atoms with E-state index in [0.717, 1.165) is 5.57 Å². The third-order valence-electron chi connectivity index (χ3n) is 30.9. The molecule has 0 radical (unpaired) electrons. The highest BCUT2D eigenvalue weighted by atomic mass is 16.8. The summed E-state index contributed by atoms with van der Waals surface area (Å²) in [6, 6.07) is 0. The van der Waals surface area contributed by atoms with Gasteiger partial charge < -0.3 is 208 Å². The molecule has 24 N–H and O–H groups in total. The molecule has 51 atom stereocenters. The van der Waals surface area contributed by atoms with Crippen molar-refractivity contribution >= 4 is 5.97 Å². The van der Waals surface area contributed by atoms with Gasteiger partial charge in [-0.2, -0.15) is 0 Å². The number of aliphatic hydroxyl groups is 24. The number of hydrogen-bond donors (Lipinski definition) is 24. The van der Waals surface area contributed by atoms with E-state index in [9.17, 15) is 123 Å². The summed E-state index contributed by atoms with van der Waals surface area (Å²) >= 11 is 0. The monoisotopic (exact) mass is 1790 g/mol. The van der Waals surface area contributed by atoms with Gasteiger partial charge in [0.2, 0.25) is 6.29 Å². The molecule has 4 saturated carbocycles. The van der Waals surface area contributed by atoms with Gasteiger partial charge in [0.1, 0.15) is 164 Å². The summed E-state index contributed by atoms with van der Waals surface area (Å²) in [5.41, 5.74) is -6.35. The van der Waals surface area contributed by atoms with Gasteiger partial charge >= 0.3 is 5.97 Å². The van der Waals surface area contributed by atoms with Crippen molar-refractivity contribution in [1.29, 1.82) is 0 Å². The van der Waals surface area contributed by atoms with Crippen LogP contribution in [0.4, 0.5) is 0 Å². The first-order valence-corrected chi connectivity index (χ1v) is 43.2. The van der Waals surface area contributed by atoms with Gasteiger partial charge in [0, 0.05) is 5.41 Å². The topological polar surface area (TPSA) is 669 Å². The Hall–Kier alpha value is -2.43. The van der Waals surface area contributed by atoms with Crippen molar-refractivity contribution in [2.45, 2.75) is 391 Å². The first-order chi connectivity index (χ1) is 58.2. The van der Waals surface area contributed by atoms with Crippen molar-refractivity contribution in [3.63, 3.8) is 0 Å². The number of rotatable bonds is 22. The molecule has 9 saturated heterocycles. The van der Waals surface area contributed by atoms with Crippen LogP contribution in [-0.4, -0.2) is 438 Å². The van der Waals surface area contributed by atoms with Crippen LogP contribution >= 0.6 is 0 Å². The predicted molar refractivity (Wildman–Crippen MR) is 405 cm³/mol. The lowest BCUT2D eigenvalue weighted by atomic mass is 9.33. The number of hydrogen-bond acceptors (Lipinski definition) is 43. The van der Waals surface area contributed by atoms with E-state index in [1.165, 1.54) is 27.7 Å². The Kier molecular flexibility index (Phi) is 29.2. The normalized spacial score (nSPS) is 56.0. The Morgan fingerprint density at radius 3 is 1.44 bits per heavy atom. The number of allylic oxidation sites excluding steroid dienone is 2. The molecule has 14 rings (SSSR count). The number of fused-ring (bicyclic) bond motifs is 7. The first-order valence-electron chi connectivity index (χ1n) is 43.2. The molecule has 0 aromatic heterocycles. The van der Waals surface area contributed by atoms with E-state index in [2.05, 4.69) is 40.7 Å². The van der Waals surface area contributed by atoms with Crippen LogP contribution in [0.15, 0.2) is 11.6 Å². The minimum absolute atomic E-state index is 0.0713. The number of esters is 1. The minimum atomic E-state index is -2.21. The van der Waals surface area contributed by atoms with Gasteiger partial charge in [0.25, 0.3) is 0 Å². The molecule has 14 aliphatic rings. The molecule has 43 nitrogen and oxygen atoms in total. The van der Waals surface area contributed by atoms with Gasteiger partial charge in [-0.05, 0) is 125 Å². The molecule has 43 heteroatoms. The molecule has 5 aliphatic carbocycles. The molecule has 13 fully saturated rings. The highest BCUT2D eigenvalue weighted by Gasteiger charge is 2.73. The Labute approximate surface area is 714 Å². The molecule has 9 aliphatic heterocycles. The fourth-order valence-electron chi connectivity index (χ4n) is 23.0. The lowest BCUT2D eigenvalue weighted by molar-refractivity contribution is -0.403. The Bertz CT molecular complexity index is 3620. The zero-order valence-electron chi connectivity index (χ0n) is 70.9. The number of carbonyl (C=O) groups is 1. The van der Waals surface area contributed by atoms with Gasteiger partial charge in [-0.3, -0.25) is 4.79 Å². The Morgan fingerprint density at radius 2 is 0.863 bits per heavy atom. The van der Waals surface area contributed by atoms with Crippen LogP contribution in [0.5, 0.6) is 0 Å². The minimum Gasteiger partial charge on any atom is -0.432 e. The van der Waals surface area contributed by atoms with Crippen molar-refractivity contribution in [2.75, 3.05) is 46.2 Å². The molecule has 0 spiro atoms. The average molecular weight is 1790 g/mol. The molecular formula is C81H132O43. The van der Waals surface area contributed by atoms with Crippen molar-refractivity contribution in [2.24, 2.45) is 50.2 Å². The molecule has 0 aromatic rings. The van der Waals surface area contributed by atoms with Gasteiger partial charge in [0.15, 0.2) is 56.4 Å². The second kappa shape index (κ2) is 37.1. The lowest BCUT2D eigenvalue weighted by Crippen LogP contribution is -2.70. The fourth-order valence-corrected chi connectivity index (χ4v) is 23.0. The largest absolute Gasteiger partial charge is 0.432 e.